The van der Waals surface area contributed by atoms with Gasteiger partial charge in [-0.05, 0) is 29.8 Å². The van der Waals surface area contributed by atoms with E-state index in [1.54, 1.807) is 19.2 Å². The summed E-state index contributed by atoms with van der Waals surface area (Å²) in [6.45, 7) is 0.571. The average molecular weight is 337 g/mol. The van der Waals surface area contributed by atoms with E-state index in [1.165, 1.54) is 14.1 Å². The van der Waals surface area contributed by atoms with Crippen LogP contribution in [0.15, 0.2) is 36.4 Å². The highest BCUT2D eigenvalue weighted by Crippen LogP contribution is 2.13. The Bertz CT molecular complexity index is 730. The van der Waals surface area contributed by atoms with E-state index in [0.717, 1.165) is 15.6 Å². The number of anilines is 2. The quantitative estimate of drug-likeness (QED) is 0.791. The molecule has 124 valence electrons. The third-order valence-corrected chi connectivity index (χ3v) is 4.44. The molecule has 23 heavy (non-hydrogen) atoms. The molecule has 1 heterocycles. The van der Waals surface area contributed by atoms with Crippen LogP contribution in [0.5, 0.6) is 5.75 Å². The molecule has 2 rings (SSSR count). The predicted molar refractivity (Wildman–Crippen MR) is 88.6 cm³/mol. The maximum absolute atomic E-state index is 11.7. The first-order valence-electron chi connectivity index (χ1n) is 6.81. The third kappa shape index (κ3) is 4.80. The van der Waals surface area contributed by atoms with Crippen LogP contribution in [0.3, 0.4) is 0 Å². The second-order valence-electron chi connectivity index (χ2n) is 4.89. The van der Waals surface area contributed by atoms with E-state index < -0.39 is 10.2 Å². The number of nitrogens with one attached hydrogen (secondary N) is 2. The van der Waals surface area contributed by atoms with Crippen molar-refractivity contribution in [2.75, 3.05) is 31.2 Å². The summed E-state index contributed by atoms with van der Waals surface area (Å²) in [6.07, 6.45) is 0. The largest absolute Gasteiger partial charge is 0.497 e. The monoisotopic (exact) mass is 337 g/mol. The fourth-order valence-corrected chi connectivity index (χ4v) is 2.20. The van der Waals surface area contributed by atoms with Crippen molar-refractivity contribution in [3.8, 4) is 5.75 Å². The minimum absolute atomic E-state index is 0.161. The lowest BCUT2D eigenvalue weighted by Crippen LogP contribution is -2.29. The highest BCUT2D eigenvalue weighted by Gasteiger charge is 2.13. The van der Waals surface area contributed by atoms with Crippen LogP contribution in [0.4, 0.5) is 11.6 Å². The number of benzene rings is 1. The molecule has 9 heteroatoms. The van der Waals surface area contributed by atoms with Crippen molar-refractivity contribution in [1.82, 2.24) is 14.5 Å². The number of ether oxygens (including phenoxy) is 1. The second-order valence-corrected chi connectivity index (χ2v) is 6.78. The molecule has 2 aromatic rings. The maximum atomic E-state index is 11.7. The molecule has 0 atom stereocenters. The summed E-state index contributed by atoms with van der Waals surface area (Å²) >= 11 is 0. The zero-order valence-corrected chi connectivity index (χ0v) is 14.0. The standard InChI is InChI=1S/C14H19N5O3S/c1-19(2)23(20,21)18-14-9-8-13(16-17-14)15-10-11-4-6-12(22-3)7-5-11/h4-9H,10H2,1-3H3,(H,15,16)(H,17,18). The second kappa shape index (κ2) is 7.25. The van der Waals surface area contributed by atoms with Gasteiger partial charge in [0.25, 0.3) is 0 Å². The summed E-state index contributed by atoms with van der Waals surface area (Å²) in [5.41, 5.74) is 1.06. The number of rotatable bonds is 7. The van der Waals surface area contributed by atoms with Gasteiger partial charge in [-0.1, -0.05) is 12.1 Å². The van der Waals surface area contributed by atoms with E-state index in [4.69, 9.17) is 4.74 Å². The summed E-state index contributed by atoms with van der Waals surface area (Å²) < 4.78 is 31.8. The first kappa shape index (κ1) is 17.0. The lowest BCUT2D eigenvalue weighted by molar-refractivity contribution is 0.414. The van der Waals surface area contributed by atoms with Crippen molar-refractivity contribution in [1.29, 1.82) is 0 Å². The molecule has 0 aliphatic carbocycles. The molecule has 2 N–H and O–H groups in total. The Hall–Kier alpha value is -2.39. The zero-order chi connectivity index (χ0) is 16.9. The van der Waals surface area contributed by atoms with Crippen molar-refractivity contribution in [2.45, 2.75) is 6.54 Å². The van der Waals surface area contributed by atoms with Gasteiger partial charge in [0.05, 0.1) is 7.11 Å². The van der Waals surface area contributed by atoms with Gasteiger partial charge < -0.3 is 10.1 Å². The molecule has 0 aliphatic rings. The number of hydrogen-bond donors (Lipinski definition) is 2. The van der Waals surface area contributed by atoms with Gasteiger partial charge in [-0.2, -0.15) is 12.7 Å². The minimum atomic E-state index is -3.58. The van der Waals surface area contributed by atoms with Gasteiger partial charge >= 0.3 is 10.2 Å². The van der Waals surface area contributed by atoms with Gasteiger partial charge in [0.15, 0.2) is 5.82 Å². The topological polar surface area (TPSA) is 96.5 Å². The van der Waals surface area contributed by atoms with Gasteiger partial charge in [0.2, 0.25) is 0 Å². The van der Waals surface area contributed by atoms with Crippen LogP contribution >= 0.6 is 0 Å². The molecule has 0 saturated heterocycles. The van der Waals surface area contributed by atoms with Crippen LogP contribution in [-0.4, -0.2) is 44.1 Å². The first-order chi connectivity index (χ1) is 10.9. The smallest absolute Gasteiger partial charge is 0.302 e. The summed E-state index contributed by atoms with van der Waals surface area (Å²) in [6, 6.07) is 10.8. The van der Waals surface area contributed by atoms with E-state index >= 15 is 0 Å². The highest BCUT2D eigenvalue weighted by atomic mass is 32.2. The Kier molecular flexibility index (Phi) is 5.35. The van der Waals surface area contributed by atoms with Crippen molar-refractivity contribution < 1.29 is 13.2 Å². The lowest BCUT2D eigenvalue weighted by atomic mass is 10.2. The molecule has 8 nitrogen and oxygen atoms in total. The van der Waals surface area contributed by atoms with Gasteiger partial charge in [-0.3, -0.25) is 4.72 Å². The van der Waals surface area contributed by atoms with E-state index in [-0.39, 0.29) is 5.82 Å². The van der Waals surface area contributed by atoms with Crippen LogP contribution in [0.1, 0.15) is 5.56 Å². The summed E-state index contributed by atoms with van der Waals surface area (Å²) in [5, 5.41) is 10.9. The fourth-order valence-electron chi connectivity index (χ4n) is 1.64. The summed E-state index contributed by atoms with van der Waals surface area (Å²) in [4.78, 5) is 0. The minimum Gasteiger partial charge on any atom is -0.497 e. The SMILES string of the molecule is COc1ccc(CNc2ccc(NS(=O)(=O)N(C)C)nn2)cc1. The molecule has 0 unspecified atom stereocenters. The normalized spacial score (nSPS) is 11.3. The predicted octanol–water partition coefficient (Wildman–Crippen LogP) is 1.32. The molecular weight excluding hydrogens is 318 g/mol. The highest BCUT2D eigenvalue weighted by molar-refractivity contribution is 7.90. The molecule has 0 aliphatic heterocycles. The van der Waals surface area contributed by atoms with Crippen molar-refractivity contribution in [3.63, 3.8) is 0 Å². The first-order valence-corrected chi connectivity index (χ1v) is 8.25. The number of hydrogen-bond acceptors (Lipinski definition) is 6. The Labute approximate surface area is 135 Å². The Balaban J connectivity index is 1.94. The van der Waals surface area contributed by atoms with Crippen LogP contribution in [0.2, 0.25) is 0 Å². The van der Waals surface area contributed by atoms with Crippen molar-refractivity contribution >= 4 is 21.8 Å². The fraction of sp³-hybridized carbons (Fsp3) is 0.286. The Morgan fingerprint density at radius 2 is 1.65 bits per heavy atom. The van der Waals surface area contributed by atoms with Crippen LogP contribution in [-0.2, 0) is 16.8 Å². The van der Waals surface area contributed by atoms with Gasteiger partial charge in [0, 0.05) is 20.6 Å². The van der Waals surface area contributed by atoms with E-state index in [9.17, 15) is 8.42 Å². The molecule has 0 bridgehead atoms. The molecule has 0 saturated carbocycles. The maximum Gasteiger partial charge on any atom is 0.302 e. The molecule has 0 amide bonds. The molecule has 0 spiro atoms. The Morgan fingerprint density at radius 3 is 2.17 bits per heavy atom. The molecular formula is C14H19N5O3S. The van der Waals surface area contributed by atoms with Gasteiger partial charge in [0.1, 0.15) is 11.6 Å². The number of nitrogens with zero attached hydrogens (tertiary/aromatic N) is 3. The Morgan fingerprint density at radius 1 is 1.04 bits per heavy atom. The van der Waals surface area contributed by atoms with Crippen LogP contribution in [0, 0.1) is 0 Å². The molecule has 1 aromatic heterocycles. The van der Waals surface area contributed by atoms with E-state index in [1.807, 2.05) is 24.3 Å². The molecule has 0 fully saturated rings. The number of aromatic nitrogens is 2. The molecule has 0 radical (unpaired) electrons. The third-order valence-electron chi connectivity index (χ3n) is 3.01. The zero-order valence-electron chi connectivity index (χ0n) is 13.1. The van der Waals surface area contributed by atoms with E-state index in [0.29, 0.717) is 12.4 Å². The van der Waals surface area contributed by atoms with Gasteiger partial charge in [-0.15, -0.1) is 10.2 Å². The number of methoxy groups -OCH3 is 1. The summed E-state index contributed by atoms with van der Waals surface area (Å²) in [7, 11) is 0.905. The van der Waals surface area contributed by atoms with E-state index in [2.05, 4.69) is 20.2 Å². The van der Waals surface area contributed by atoms with Gasteiger partial charge in [-0.25, -0.2) is 0 Å². The van der Waals surface area contributed by atoms with Crippen LogP contribution in [0.25, 0.3) is 0 Å². The molecule has 1 aromatic carbocycles. The summed E-state index contributed by atoms with van der Waals surface area (Å²) in [5.74, 6) is 1.51. The van der Waals surface area contributed by atoms with Crippen molar-refractivity contribution in [2.24, 2.45) is 0 Å². The van der Waals surface area contributed by atoms with Crippen LogP contribution < -0.4 is 14.8 Å². The average Bonchev–Trinajstić information content (AvgIpc) is 2.54. The van der Waals surface area contributed by atoms with Crippen molar-refractivity contribution in [3.05, 3.63) is 42.0 Å². The lowest BCUT2D eigenvalue weighted by Gasteiger charge is -2.12.